The highest BCUT2D eigenvalue weighted by atomic mass is 35.5. The molecule has 0 spiro atoms. The van der Waals surface area contributed by atoms with E-state index in [2.05, 4.69) is 10.1 Å². The molecule has 0 fully saturated rings. The standard InChI is InChI=1S/C12H14F3NO3.ClH/c1-3-19-10(17)11(18,12(13,14)15)8-4-6-9(16-2)7-5-8;/h4-7,16,18H,3H2,1-2H3;1H. The Morgan fingerprint density at radius 3 is 2.15 bits per heavy atom. The molecule has 0 aliphatic heterocycles. The summed E-state index contributed by atoms with van der Waals surface area (Å²) in [5.41, 5.74) is -3.69. The Morgan fingerprint density at radius 1 is 1.30 bits per heavy atom. The van der Waals surface area contributed by atoms with E-state index in [-0.39, 0.29) is 19.0 Å². The van der Waals surface area contributed by atoms with Gasteiger partial charge in [0.2, 0.25) is 0 Å². The second-order valence-electron chi connectivity index (χ2n) is 3.76. The lowest BCUT2D eigenvalue weighted by Crippen LogP contribution is -2.50. The highest BCUT2D eigenvalue weighted by Gasteiger charge is 2.62. The molecule has 0 aliphatic rings. The van der Waals surface area contributed by atoms with Crippen molar-refractivity contribution in [1.29, 1.82) is 0 Å². The molecule has 0 heterocycles. The summed E-state index contributed by atoms with van der Waals surface area (Å²) in [6.07, 6.45) is -5.17. The first-order valence-electron chi connectivity index (χ1n) is 5.52. The van der Waals surface area contributed by atoms with Crippen molar-refractivity contribution in [3.05, 3.63) is 29.8 Å². The summed E-state index contributed by atoms with van der Waals surface area (Å²) in [5.74, 6) is -1.74. The van der Waals surface area contributed by atoms with Crippen molar-refractivity contribution in [2.75, 3.05) is 19.0 Å². The van der Waals surface area contributed by atoms with Gasteiger partial charge < -0.3 is 15.2 Å². The molecule has 4 nitrogen and oxygen atoms in total. The van der Waals surface area contributed by atoms with Gasteiger partial charge >= 0.3 is 12.1 Å². The quantitative estimate of drug-likeness (QED) is 0.838. The van der Waals surface area contributed by atoms with Gasteiger partial charge in [-0.05, 0) is 19.1 Å². The molecule has 0 saturated carbocycles. The first kappa shape index (κ1) is 18.5. The van der Waals surface area contributed by atoms with Crippen LogP contribution in [-0.2, 0) is 15.1 Å². The summed E-state index contributed by atoms with van der Waals surface area (Å²) < 4.78 is 43.3. The van der Waals surface area contributed by atoms with Crippen LogP contribution in [0.2, 0.25) is 0 Å². The molecule has 0 amide bonds. The zero-order chi connectivity index (χ0) is 14.7. The lowest BCUT2D eigenvalue weighted by atomic mass is 9.93. The molecule has 0 aromatic heterocycles. The smallest absolute Gasteiger partial charge is 0.432 e. The van der Waals surface area contributed by atoms with E-state index in [4.69, 9.17) is 0 Å². The number of carbonyl (C=O) groups excluding carboxylic acids is 1. The van der Waals surface area contributed by atoms with Gasteiger partial charge in [-0.1, -0.05) is 12.1 Å². The van der Waals surface area contributed by atoms with Crippen LogP contribution in [0, 0.1) is 0 Å². The lowest BCUT2D eigenvalue weighted by molar-refractivity contribution is -0.267. The molecule has 0 bridgehead atoms. The minimum absolute atomic E-state index is 0. The van der Waals surface area contributed by atoms with Gasteiger partial charge in [0, 0.05) is 18.3 Å². The largest absolute Gasteiger partial charge is 0.463 e. The maximum Gasteiger partial charge on any atom is 0.432 e. The summed E-state index contributed by atoms with van der Waals surface area (Å²) in [4.78, 5) is 11.5. The highest BCUT2D eigenvalue weighted by molar-refractivity contribution is 5.85. The molecule has 1 atom stereocenters. The van der Waals surface area contributed by atoms with E-state index in [1.165, 1.54) is 19.1 Å². The van der Waals surface area contributed by atoms with Crippen molar-refractivity contribution < 1.29 is 27.8 Å². The van der Waals surface area contributed by atoms with Gasteiger partial charge in [-0.2, -0.15) is 13.2 Å². The first-order chi connectivity index (χ1) is 8.77. The van der Waals surface area contributed by atoms with Gasteiger partial charge in [0.1, 0.15) is 0 Å². The molecule has 1 aromatic rings. The first-order valence-corrected chi connectivity index (χ1v) is 5.52. The molecule has 0 aliphatic carbocycles. The third-order valence-corrected chi connectivity index (χ3v) is 2.57. The molecule has 0 saturated heterocycles. The number of ether oxygens (including phenoxy) is 1. The van der Waals surface area contributed by atoms with Crippen LogP contribution in [0.25, 0.3) is 0 Å². The summed E-state index contributed by atoms with van der Waals surface area (Å²) in [6, 6.07) is 4.70. The number of esters is 1. The summed E-state index contributed by atoms with van der Waals surface area (Å²) >= 11 is 0. The van der Waals surface area contributed by atoms with Crippen molar-refractivity contribution in [2.45, 2.75) is 18.7 Å². The van der Waals surface area contributed by atoms with E-state index in [0.717, 1.165) is 12.1 Å². The van der Waals surface area contributed by atoms with Gasteiger partial charge in [-0.25, -0.2) is 4.79 Å². The van der Waals surface area contributed by atoms with E-state index >= 15 is 0 Å². The number of aliphatic hydroxyl groups is 1. The van der Waals surface area contributed by atoms with Crippen LogP contribution in [0.1, 0.15) is 12.5 Å². The summed E-state index contributed by atoms with van der Waals surface area (Å²) in [6.45, 7) is 1.10. The van der Waals surface area contributed by atoms with Crippen LogP contribution < -0.4 is 5.32 Å². The fourth-order valence-electron chi connectivity index (χ4n) is 1.51. The number of hydrogen-bond donors (Lipinski definition) is 2. The Bertz CT molecular complexity index is 450. The van der Waals surface area contributed by atoms with Crippen molar-refractivity contribution >= 4 is 24.1 Å². The second-order valence-corrected chi connectivity index (χ2v) is 3.76. The van der Waals surface area contributed by atoms with Crippen molar-refractivity contribution in [3.63, 3.8) is 0 Å². The van der Waals surface area contributed by atoms with Gasteiger partial charge in [0.05, 0.1) is 6.61 Å². The average Bonchev–Trinajstić information content (AvgIpc) is 2.36. The number of alkyl halides is 3. The zero-order valence-electron chi connectivity index (χ0n) is 10.8. The fraction of sp³-hybridized carbons (Fsp3) is 0.417. The number of benzene rings is 1. The van der Waals surface area contributed by atoms with Crippen molar-refractivity contribution in [2.24, 2.45) is 0 Å². The molecule has 2 N–H and O–H groups in total. The Morgan fingerprint density at radius 2 is 1.80 bits per heavy atom. The number of carbonyl (C=O) groups is 1. The zero-order valence-corrected chi connectivity index (χ0v) is 11.6. The molecule has 1 unspecified atom stereocenters. The third kappa shape index (κ3) is 3.34. The third-order valence-electron chi connectivity index (χ3n) is 2.57. The Labute approximate surface area is 120 Å². The van der Waals surface area contributed by atoms with E-state index in [9.17, 15) is 23.1 Å². The van der Waals surface area contributed by atoms with Gasteiger partial charge in [-0.3, -0.25) is 0 Å². The van der Waals surface area contributed by atoms with Gasteiger partial charge in [0.25, 0.3) is 5.60 Å². The van der Waals surface area contributed by atoms with Crippen LogP contribution in [0.4, 0.5) is 18.9 Å². The molecule has 20 heavy (non-hydrogen) atoms. The number of hydrogen-bond acceptors (Lipinski definition) is 4. The van der Waals surface area contributed by atoms with Crippen LogP contribution in [0.5, 0.6) is 0 Å². The number of rotatable bonds is 4. The highest BCUT2D eigenvalue weighted by Crippen LogP contribution is 2.40. The maximum absolute atomic E-state index is 13.0. The number of anilines is 1. The monoisotopic (exact) mass is 313 g/mol. The fourth-order valence-corrected chi connectivity index (χ4v) is 1.51. The molecular formula is C12H15ClF3NO3. The van der Waals surface area contributed by atoms with Crippen LogP contribution in [0.3, 0.4) is 0 Å². The lowest BCUT2D eigenvalue weighted by Gasteiger charge is -2.28. The van der Waals surface area contributed by atoms with E-state index < -0.39 is 23.3 Å². The Hall–Kier alpha value is -1.47. The van der Waals surface area contributed by atoms with Gasteiger partial charge in [0.15, 0.2) is 0 Å². The van der Waals surface area contributed by atoms with Crippen LogP contribution >= 0.6 is 12.4 Å². The van der Waals surface area contributed by atoms with Gasteiger partial charge in [-0.15, -0.1) is 12.4 Å². The summed E-state index contributed by atoms with van der Waals surface area (Å²) in [5, 5.41) is 12.5. The minimum atomic E-state index is -5.17. The topological polar surface area (TPSA) is 58.6 Å². The molecule has 1 aromatic carbocycles. The SMILES string of the molecule is CCOC(=O)C(O)(c1ccc(NC)cc1)C(F)(F)F.Cl. The Kier molecular flexibility index (Phi) is 6.31. The molecular weight excluding hydrogens is 299 g/mol. The summed E-state index contributed by atoms with van der Waals surface area (Å²) in [7, 11) is 1.59. The average molecular weight is 314 g/mol. The predicted molar refractivity (Wildman–Crippen MR) is 69.8 cm³/mol. The van der Waals surface area contributed by atoms with Crippen molar-refractivity contribution in [3.8, 4) is 0 Å². The van der Waals surface area contributed by atoms with E-state index in [1.807, 2.05) is 0 Å². The van der Waals surface area contributed by atoms with E-state index in [1.54, 1.807) is 7.05 Å². The molecule has 0 radical (unpaired) electrons. The maximum atomic E-state index is 13.0. The van der Waals surface area contributed by atoms with Crippen LogP contribution in [-0.4, -0.2) is 30.9 Å². The molecule has 8 heteroatoms. The van der Waals surface area contributed by atoms with E-state index in [0.29, 0.717) is 5.69 Å². The Balaban J connectivity index is 0.00000361. The normalized spacial score (nSPS) is 13.9. The van der Waals surface area contributed by atoms with Crippen molar-refractivity contribution in [1.82, 2.24) is 0 Å². The number of halogens is 4. The van der Waals surface area contributed by atoms with Crippen LogP contribution in [0.15, 0.2) is 24.3 Å². The predicted octanol–water partition coefficient (Wildman–Crippen LogP) is 2.46. The molecule has 114 valence electrons. The second kappa shape index (κ2) is 6.81. The number of nitrogens with one attached hydrogen (secondary N) is 1. The minimum Gasteiger partial charge on any atom is -0.463 e. The molecule has 1 rings (SSSR count).